The third kappa shape index (κ3) is 2.74. The Morgan fingerprint density at radius 1 is 1.39 bits per heavy atom. The fourth-order valence-electron chi connectivity index (χ4n) is 3.18. The van der Waals surface area contributed by atoms with Crippen LogP contribution in [0.25, 0.3) is 10.1 Å². The molecule has 0 saturated carbocycles. The number of nitrogens with zero attached hydrogens (tertiary/aromatic N) is 3. The normalized spacial score (nSPS) is 18.0. The Kier molecular flexibility index (Phi) is 3.61. The molecule has 1 amide bonds. The number of halogens is 1. The summed E-state index contributed by atoms with van der Waals surface area (Å²) in [4.78, 5) is 15.5. The van der Waals surface area contributed by atoms with Crippen molar-refractivity contribution in [2.75, 3.05) is 6.54 Å². The third-order valence-corrected chi connectivity index (χ3v) is 5.39. The van der Waals surface area contributed by atoms with Crippen molar-refractivity contribution in [3.8, 4) is 0 Å². The highest BCUT2D eigenvalue weighted by Crippen LogP contribution is 2.29. The molecular formula is C17H16FN3OS. The minimum atomic E-state index is -0.271. The van der Waals surface area contributed by atoms with Crippen molar-refractivity contribution in [3.05, 3.63) is 53.4 Å². The number of amides is 1. The van der Waals surface area contributed by atoms with Gasteiger partial charge in [-0.25, -0.2) is 4.39 Å². The standard InChI is InChI=1S/C17H16FN3OS/c18-13-4-5-15-12(9-13)10-16(23-15)17(22)21-8-1-3-14(21)11-20-7-2-6-19-20/h2,4-7,9-10,14H,1,3,8,11H2/t14-/m1/s1. The zero-order chi connectivity index (χ0) is 15.8. The number of benzene rings is 1. The molecule has 118 valence electrons. The van der Waals surface area contributed by atoms with Gasteiger partial charge in [-0.3, -0.25) is 9.48 Å². The van der Waals surface area contributed by atoms with Crippen LogP contribution in [0.5, 0.6) is 0 Å². The van der Waals surface area contributed by atoms with Crippen molar-refractivity contribution in [1.29, 1.82) is 0 Å². The lowest BCUT2D eigenvalue weighted by Crippen LogP contribution is -2.37. The summed E-state index contributed by atoms with van der Waals surface area (Å²) in [5.41, 5.74) is 0. The van der Waals surface area contributed by atoms with E-state index in [1.54, 1.807) is 18.3 Å². The van der Waals surface area contributed by atoms with E-state index in [4.69, 9.17) is 0 Å². The van der Waals surface area contributed by atoms with Crippen molar-refractivity contribution >= 4 is 27.3 Å². The molecule has 1 fully saturated rings. The van der Waals surface area contributed by atoms with E-state index in [1.165, 1.54) is 23.5 Å². The number of fused-ring (bicyclic) bond motifs is 1. The topological polar surface area (TPSA) is 38.1 Å². The van der Waals surface area contributed by atoms with Crippen LogP contribution in [-0.4, -0.2) is 33.2 Å². The van der Waals surface area contributed by atoms with Crippen LogP contribution in [-0.2, 0) is 6.54 Å². The van der Waals surface area contributed by atoms with Gasteiger partial charge < -0.3 is 4.90 Å². The van der Waals surface area contributed by atoms with Crippen LogP contribution in [0.1, 0.15) is 22.5 Å². The molecule has 2 aromatic heterocycles. The van der Waals surface area contributed by atoms with Gasteiger partial charge in [0.15, 0.2) is 0 Å². The third-order valence-electron chi connectivity index (χ3n) is 4.28. The molecule has 0 spiro atoms. The minimum Gasteiger partial charge on any atom is -0.333 e. The van der Waals surface area contributed by atoms with Gasteiger partial charge >= 0.3 is 0 Å². The highest BCUT2D eigenvalue weighted by atomic mass is 32.1. The molecule has 3 aromatic rings. The van der Waals surface area contributed by atoms with Gasteiger partial charge in [0.2, 0.25) is 0 Å². The lowest BCUT2D eigenvalue weighted by atomic mass is 10.2. The average Bonchev–Trinajstić information content (AvgIpc) is 3.26. The Hall–Kier alpha value is -2.21. The van der Waals surface area contributed by atoms with Crippen LogP contribution in [0.3, 0.4) is 0 Å². The van der Waals surface area contributed by atoms with Crippen LogP contribution in [0.2, 0.25) is 0 Å². The molecule has 1 saturated heterocycles. The summed E-state index contributed by atoms with van der Waals surface area (Å²) < 4.78 is 16.1. The molecule has 0 aliphatic carbocycles. The van der Waals surface area contributed by atoms with Gasteiger partial charge in [-0.15, -0.1) is 11.3 Å². The molecular weight excluding hydrogens is 313 g/mol. The lowest BCUT2D eigenvalue weighted by molar-refractivity contribution is 0.0726. The molecule has 23 heavy (non-hydrogen) atoms. The second-order valence-electron chi connectivity index (χ2n) is 5.82. The number of carbonyl (C=O) groups is 1. The van der Waals surface area contributed by atoms with Crippen LogP contribution in [0.15, 0.2) is 42.7 Å². The fraction of sp³-hybridized carbons (Fsp3) is 0.294. The number of rotatable bonds is 3. The highest BCUT2D eigenvalue weighted by molar-refractivity contribution is 7.20. The molecule has 1 aliphatic rings. The molecule has 0 radical (unpaired) electrons. The monoisotopic (exact) mass is 329 g/mol. The van der Waals surface area contributed by atoms with Gasteiger partial charge in [0.25, 0.3) is 5.91 Å². The van der Waals surface area contributed by atoms with Gasteiger partial charge in [0, 0.05) is 23.6 Å². The number of thiophene rings is 1. The Labute approximate surface area is 137 Å². The zero-order valence-electron chi connectivity index (χ0n) is 12.5. The maximum absolute atomic E-state index is 13.3. The van der Waals surface area contributed by atoms with E-state index in [1.807, 2.05) is 21.8 Å². The van der Waals surface area contributed by atoms with Crippen LogP contribution in [0.4, 0.5) is 4.39 Å². The van der Waals surface area contributed by atoms with E-state index in [2.05, 4.69) is 5.10 Å². The Balaban J connectivity index is 1.58. The van der Waals surface area contributed by atoms with Crippen LogP contribution in [0, 0.1) is 5.82 Å². The van der Waals surface area contributed by atoms with Gasteiger partial charge in [0.05, 0.1) is 17.5 Å². The molecule has 3 heterocycles. The zero-order valence-corrected chi connectivity index (χ0v) is 13.3. The van der Waals surface area contributed by atoms with Crippen molar-refractivity contribution in [3.63, 3.8) is 0 Å². The number of hydrogen-bond donors (Lipinski definition) is 0. The van der Waals surface area contributed by atoms with E-state index in [0.29, 0.717) is 4.88 Å². The van der Waals surface area contributed by atoms with Crippen molar-refractivity contribution in [2.45, 2.75) is 25.4 Å². The molecule has 0 unspecified atom stereocenters. The van der Waals surface area contributed by atoms with Gasteiger partial charge in [-0.1, -0.05) is 0 Å². The lowest BCUT2D eigenvalue weighted by Gasteiger charge is -2.24. The van der Waals surface area contributed by atoms with E-state index < -0.39 is 0 Å². The number of hydrogen-bond acceptors (Lipinski definition) is 3. The first-order valence-electron chi connectivity index (χ1n) is 7.68. The van der Waals surface area contributed by atoms with Crippen LogP contribution < -0.4 is 0 Å². The summed E-state index contributed by atoms with van der Waals surface area (Å²) in [7, 11) is 0. The van der Waals surface area contributed by atoms with Crippen molar-refractivity contribution < 1.29 is 9.18 Å². The second kappa shape index (κ2) is 5.77. The van der Waals surface area contributed by atoms with Crippen molar-refractivity contribution in [2.24, 2.45) is 0 Å². The predicted molar refractivity (Wildman–Crippen MR) is 88.1 cm³/mol. The molecule has 1 aliphatic heterocycles. The average molecular weight is 329 g/mol. The van der Waals surface area contributed by atoms with E-state index in [9.17, 15) is 9.18 Å². The van der Waals surface area contributed by atoms with E-state index in [0.717, 1.165) is 36.0 Å². The first kappa shape index (κ1) is 14.4. The summed E-state index contributed by atoms with van der Waals surface area (Å²) >= 11 is 1.43. The van der Waals surface area contributed by atoms with Crippen LogP contribution >= 0.6 is 11.3 Å². The van der Waals surface area contributed by atoms with E-state index >= 15 is 0 Å². The molecule has 0 bridgehead atoms. The molecule has 4 nitrogen and oxygen atoms in total. The SMILES string of the molecule is O=C(c1cc2cc(F)ccc2s1)N1CCC[C@@H]1Cn1cccn1. The Morgan fingerprint density at radius 3 is 3.13 bits per heavy atom. The number of aromatic nitrogens is 2. The predicted octanol–water partition coefficient (Wildman–Crippen LogP) is 3.54. The maximum atomic E-state index is 13.3. The summed E-state index contributed by atoms with van der Waals surface area (Å²) in [6.45, 7) is 1.49. The fourth-order valence-corrected chi connectivity index (χ4v) is 4.18. The molecule has 4 rings (SSSR count). The van der Waals surface area contributed by atoms with Gasteiger partial charge in [-0.05, 0) is 48.6 Å². The highest BCUT2D eigenvalue weighted by Gasteiger charge is 2.30. The number of likely N-dealkylation sites (tertiary alicyclic amines) is 1. The quantitative estimate of drug-likeness (QED) is 0.737. The minimum absolute atomic E-state index is 0.0428. The smallest absolute Gasteiger partial charge is 0.264 e. The van der Waals surface area contributed by atoms with E-state index in [-0.39, 0.29) is 17.8 Å². The van der Waals surface area contributed by atoms with Gasteiger partial charge in [-0.2, -0.15) is 5.10 Å². The number of carbonyl (C=O) groups excluding carboxylic acids is 1. The molecule has 1 atom stereocenters. The summed E-state index contributed by atoms with van der Waals surface area (Å²) in [6, 6.07) is 8.51. The van der Waals surface area contributed by atoms with Crippen molar-refractivity contribution in [1.82, 2.24) is 14.7 Å². The second-order valence-corrected chi connectivity index (χ2v) is 6.90. The molecule has 0 N–H and O–H groups in total. The summed E-state index contributed by atoms with van der Waals surface area (Å²) in [6.07, 6.45) is 5.67. The first-order valence-corrected chi connectivity index (χ1v) is 8.50. The first-order chi connectivity index (χ1) is 11.2. The molecule has 6 heteroatoms. The maximum Gasteiger partial charge on any atom is 0.264 e. The summed E-state index contributed by atoms with van der Waals surface area (Å²) in [5, 5.41) is 5.02. The largest absolute Gasteiger partial charge is 0.333 e. The molecule has 1 aromatic carbocycles. The summed E-state index contributed by atoms with van der Waals surface area (Å²) in [5.74, 6) is -0.228. The van der Waals surface area contributed by atoms with Gasteiger partial charge in [0.1, 0.15) is 5.82 Å². The Bertz CT molecular complexity index is 843. The Morgan fingerprint density at radius 2 is 2.30 bits per heavy atom.